The molecule has 0 bridgehead atoms. The van der Waals surface area contributed by atoms with E-state index < -0.39 is 0 Å². The predicted octanol–water partition coefficient (Wildman–Crippen LogP) is 3.43. The number of rotatable bonds is 2. The second-order valence-corrected chi connectivity index (χ2v) is 5.10. The number of amides is 2. The fourth-order valence-corrected chi connectivity index (χ4v) is 2.14. The molecule has 2 N–H and O–H groups in total. The molecule has 0 aliphatic heterocycles. The highest BCUT2D eigenvalue weighted by Crippen LogP contribution is 2.21. The molecule has 0 spiro atoms. The van der Waals surface area contributed by atoms with Crippen LogP contribution in [-0.2, 0) is 0 Å². The van der Waals surface area contributed by atoms with Gasteiger partial charge in [0.1, 0.15) is 0 Å². The highest BCUT2D eigenvalue weighted by Gasteiger charge is 2.19. The quantitative estimate of drug-likeness (QED) is 0.857. The molecule has 4 heteroatoms. The normalized spacial score (nSPS) is 15.4. The van der Waals surface area contributed by atoms with Gasteiger partial charge in [-0.15, -0.1) is 0 Å². The Kier molecular flexibility index (Phi) is 3.49. The lowest BCUT2D eigenvalue weighted by Crippen LogP contribution is -2.41. The van der Waals surface area contributed by atoms with Gasteiger partial charge >= 0.3 is 6.03 Å². The third kappa shape index (κ3) is 2.76. The molecule has 0 unspecified atom stereocenters. The summed E-state index contributed by atoms with van der Waals surface area (Å²) in [5, 5.41) is 5.81. The van der Waals surface area contributed by atoms with Gasteiger partial charge in [-0.05, 0) is 49.9 Å². The van der Waals surface area contributed by atoms with E-state index in [1.54, 1.807) is 0 Å². The van der Waals surface area contributed by atoms with E-state index >= 15 is 0 Å². The summed E-state index contributed by atoms with van der Waals surface area (Å²) in [6, 6.07) is 6.08. The molecule has 0 radical (unpaired) electrons. The largest absolute Gasteiger partial charge is 0.335 e. The first-order valence-corrected chi connectivity index (χ1v) is 6.28. The van der Waals surface area contributed by atoms with Crippen LogP contribution in [0.25, 0.3) is 0 Å². The molecule has 2 amide bonds. The number of halogens is 1. The summed E-state index contributed by atoms with van der Waals surface area (Å²) >= 11 is 3.39. The van der Waals surface area contributed by atoms with E-state index in [4.69, 9.17) is 0 Å². The van der Waals surface area contributed by atoms with Crippen LogP contribution < -0.4 is 10.6 Å². The van der Waals surface area contributed by atoms with Gasteiger partial charge in [0.2, 0.25) is 0 Å². The molecule has 1 fully saturated rings. The Labute approximate surface area is 104 Å². The minimum absolute atomic E-state index is 0.102. The number of anilines is 1. The number of hydrogen-bond donors (Lipinski definition) is 2. The van der Waals surface area contributed by atoms with Crippen molar-refractivity contribution in [2.24, 2.45) is 0 Å². The first-order valence-electron chi connectivity index (χ1n) is 5.49. The Morgan fingerprint density at radius 1 is 1.44 bits per heavy atom. The van der Waals surface area contributed by atoms with E-state index in [9.17, 15) is 4.79 Å². The zero-order chi connectivity index (χ0) is 11.5. The van der Waals surface area contributed by atoms with E-state index in [1.807, 2.05) is 25.1 Å². The molecule has 3 nitrogen and oxygen atoms in total. The molecule has 0 atom stereocenters. The van der Waals surface area contributed by atoms with Crippen LogP contribution in [0.5, 0.6) is 0 Å². The first-order chi connectivity index (χ1) is 7.65. The Bertz CT molecular complexity index is 402. The van der Waals surface area contributed by atoms with Crippen molar-refractivity contribution >= 4 is 27.6 Å². The molecular formula is C12H15BrN2O. The van der Waals surface area contributed by atoms with Crippen LogP contribution in [0, 0.1) is 6.92 Å². The smallest absolute Gasteiger partial charge is 0.319 e. The Hall–Kier alpha value is -1.03. The fourth-order valence-electron chi connectivity index (χ4n) is 1.66. The maximum Gasteiger partial charge on any atom is 0.319 e. The van der Waals surface area contributed by atoms with E-state index in [1.165, 1.54) is 6.42 Å². The summed E-state index contributed by atoms with van der Waals surface area (Å²) in [6.45, 7) is 1.98. The standard InChI is InChI=1S/C12H15BrN2O/c1-8-7-9(13)5-6-11(8)15-12(16)14-10-3-2-4-10/h5-7,10H,2-4H2,1H3,(H2,14,15,16). The average molecular weight is 283 g/mol. The second kappa shape index (κ2) is 4.87. The number of hydrogen-bond acceptors (Lipinski definition) is 1. The summed E-state index contributed by atoms with van der Waals surface area (Å²) < 4.78 is 1.02. The summed E-state index contributed by atoms with van der Waals surface area (Å²) in [5.41, 5.74) is 1.91. The van der Waals surface area contributed by atoms with Crippen molar-refractivity contribution < 1.29 is 4.79 Å². The molecule has 0 aromatic heterocycles. The second-order valence-electron chi connectivity index (χ2n) is 4.19. The topological polar surface area (TPSA) is 41.1 Å². The van der Waals surface area contributed by atoms with Crippen molar-refractivity contribution in [1.29, 1.82) is 0 Å². The number of carbonyl (C=O) groups excluding carboxylic acids is 1. The van der Waals surface area contributed by atoms with Crippen LogP contribution in [0.15, 0.2) is 22.7 Å². The van der Waals surface area contributed by atoms with Gasteiger partial charge in [-0.25, -0.2) is 4.79 Å². The van der Waals surface area contributed by atoms with Crippen LogP contribution in [0.2, 0.25) is 0 Å². The molecule has 1 aliphatic carbocycles. The van der Waals surface area contributed by atoms with E-state index in [2.05, 4.69) is 26.6 Å². The minimum Gasteiger partial charge on any atom is -0.335 e. The maximum absolute atomic E-state index is 11.6. The number of benzene rings is 1. The van der Waals surface area contributed by atoms with Gasteiger partial charge in [-0.2, -0.15) is 0 Å². The number of carbonyl (C=O) groups is 1. The van der Waals surface area contributed by atoms with Crippen LogP contribution >= 0.6 is 15.9 Å². The van der Waals surface area contributed by atoms with E-state index in [0.717, 1.165) is 28.6 Å². The molecule has 1 aliphatic rings. The highest BCUT2D eigenvalue weighted by atomic mass is 79.9. The van der Waals surface area contributed by atoms with Crippen LogP contribution in [0.4, 0.5) is 10.5 Å². The average Bonchev–Trinajstić information content (AvgIpc) is 2.16. The Morgan fingerprint density at radius 2 is 2.19 bits per heavy atom. The van der Waals surface area contributed by atoms with Gasteiger partial charge in [-0.1, -0.05) is 15.9 Å². The van der Waals surface area contributed by atoms with Gasteiger partial charge in [-0.3, -0.25) is 0 Å². The van der Waals surface area contributed by atoms with Crippen molar-refractivity contribution in [2.75, 3.05) is 5.32 Å². The minimum atomic E-state index is -0.102. The van der Waals surface area contributed by atoms with Gasteiger partial charge in [0.05, 0.1) is 0 Å². The van der Waals surface area contributed by atoms with Gasteiger partial charge in [0.15, 0.2) is 0 Å². The molecule has 86 valence electrons. The highest BCUT2D eigenvalue weighted by molar-refractivity contribution is 9.10. The molecule has 2 rings (SSSR count). The number of aryl methyl sites for hydroxylation is 1. The van der Waals surface area contributed by atoms with Gasteiger partial charge < -0.3 is 10.6 Å². The lowest BCUT2D eigenvalue weighted by atomic mass is 9.93. The van der Waals surface area contributed by atoms with Crippen molar-refractivity contribution in [3.63, 3.8) is 0 Å². The van der Waals surface area contributed by atoms with Gasteiger partial charge in [0.25, 0.3) is 0 Å². The van der Waals surface area contributed by atoms with Crippen molar-refractivity contribution in [3.05, 3.63) is 28.2 Å². The third-order valence-electron chi connectivity index (χ3n) is 2.88. The van der Waals surface area contributed by atoms with Gasteiger partial charge in [0, 0.05) is 16.2 Å². The summed E-state index contributed by atoms with van der Waals surface area (Å²) in [4.78, 5) is 11.6. The zero-order valence-electron chi connectivity index (χ0n) is 9.22. The molecular weight excluding hydrogens is 268 g/mol. The van der Waals surface area contributed by atoms with Crippen LogP contribution in [-0.4, -0.2) is 12.1 Å². The lowest BCUT2D eigenvalue weighted by Gasteiger charge is -2.26. The molecule has 1 saturated carbocycles. The van der Waals surface area contributed by atoms with Crippen LogP contribution in [0.3, 0.4) is 0 Å². The Morgan fingerprint density at radius 3 is 2.75 bits per heavy atom. The Balaban J connectivity index is 1.94. The predicted molar refractivity (Wildman–Crippen MR) is 68.7 cm³/mol. The maximum atomic E-state index is 11.6. The fraction of sp³-hybridized carbons (Fsp3) is 0.417. The molecule has 16 heavy (non-hydrogen) atoms. The number of nitrogens with one attached hydrogen (secondary N) is 2. The summed E-state index contributed by atoms with van der Waals surface area (Å²) in [6.07, 6.45) is 3.43. The molecule has 0 heterocycles. The first kappa shape index (κ1) is 11.5. The summed E-state index contributed by atoms with van der Waals surface area (Å²) in [7, 11) is 0. The SMILES string of the molecule is Cc1cc(Br)ccc1NC(=O)NC1CCC1. The van der Waals surface area contributed by atoms with Crippen molar-refractivity contribution in [2.45, 2.75) is 32.2 Å². The van der Waals surface area contributed by atoms with Crippen molar-refractivity contribution in [3.8, 4) is 0 Å². The third-order valence-corrected chi connectivity index (χ3v) is 3.37. The van der Waals surface area contributed by atoms with E-state index in [0.29, 0.717) is 6.04 Å². The molecule has 1 aromatic rings. The number of urea groups is 1. The lowest BCUT2D eigenvalue weighted by molar-refractivity contribution is 0.240. The van der Waals surface area contributed by atoms with E-state index in [-0.39, 0.29) is 6.03 Å². The monoisotopic (exact) mass is 282 g/mol. The van der Waals surface area contributed by atoms with Crippen molar-refractivity contribution in [1.82, 2.24) is 5.32 Å². The van der Waals surface area contributed by atoms with Crippen LogP contribution in [0.1, 0.15) is 24.8 Å². The molecule has 1 aromatic carbocycles. The zero-order valence-corrected chi connectivity index (χ0v) is 10.8. The summed E-state index contributed by atoms with van der Waals surface area (Å²) in [5.74, 6) is 0. The molecule has 0 saturated heterocycles.